The van der Waals surface area contributed by atoms with E-state index in [1.807, 2.05) is 31.2 Å². The molecular formula is C21H21N7O3. The molecule has 1 saturated heterocycles. The third-order valence-corrected chi connectivity index (χ3v) is 5.04. The average Bonchev–Trinajstić information content (AvgIpc) is 2.79. The van der Waals surface area contributed by atoms with Crippen LogP contribution in [0.15, 0.2) is 54.7 Å². The molecule has 0 atom stereocenters. The van der Waals surface area contributed by atoms with E-state index in [4.69, 9.17) is 0 Å². The number of nitro groups is 1. The van der Waals surface area contributed by atoms with Crippen molar-refractivity contribution in [1.29, 1.82) is 0 Å². The van der Waals surface area contributed by atoms with Crippen LogP contribution in [0.4, 0.5) is 23.1 Å². The number of nitro benzene ring substituents is 1. The number of carbonyl (C=O) groups excluding carboxylic acids is 1. The van der Waals surface area contributed by atoms with Crippen LogP contribution < -0.4 is 10.2 Å². The minimum atomic E-state index is -0.480. The molecule has 0 unspecified atom stereocenters. The average molecular weight is 419 g/mol. The van der Waals surface area contributed by atoms with Crippen molar-refractivity contribution < 1.29 is 9.72 Å². The topological polar surface area (TPSA) is 117 Å². The molecule has 10 heteroatoms. The fourth-order valence-corrected chi connectivity index (χ4v) is 3.34. The molecule has 0 saturated carbocycles. The maximum absolute atomic E-state index is 12.7. The molecule has 0 spiro atoms. The predicted molar refractivity (Wildman–Crippen MR) is 116 cm³/mol. The van der Waals surface area contributed by atoms with Crippen molar-refractivity contribution in [2.24, 2.45) is 0 Å². The van der Waals surface area contributed by atoms with Gasteiger partial charge in [0.2, 0.25) is 0 Å². The van der Waals surface area contributed by atoms with Gasteiger partial charge in [-0.05, 0) is 48.9 Å². The molecule has 31 heavy (non-hydrogen) atoms. The Morgan fingerprint density at radius 1 is 1.00 bits per heavy atom. The zero-order chi connectivity index (χ0) is 21.8. The van der Waals surface area contributed by atoms with Gasteiger partial charge in [-0.25, -0.2) is 4.98 Å². The summed E-state index contributed by atoms with van der Waals surface area (Å²) in [5, 5.41) is 22.4. The number of nitrogens with one attached hydrogen (secondary N) is 1. The summed E-state index contributed by atoms with van der Waals surface area (Å²) in [5.74, 6) is 1.92. The maximum Gasteiger partial charge on any atom is 0.269 e. The van der Waals surface area contributed by atoms with E-state index < -0.39 is 4.92 Å². The van der Waals surface area contributed by atoms with E-state index in [0.717, 1.165) is 11.4 Å². The highest BCUT2D eigenvalue weighted by Crippen LogP contribution is 2.19. The van der Waals surface area contributed by atoms with Gasteiger partial charge in [-0.15, -0.1) is 10.2 Å². The fraction of sp³-hybridized carbons (Fsp3) is 0.238. The number of nitrogens with zero attached hydrogens (tertiary/aromatic N) is 6. The number of non-ortho nitro benzene ring substituents is 1. The molecule has 0 aliphatic carbocycles. The Morgan fingerprint density at radius 2 is 1.74 bits per heavy atom. The Morgan fingerprint density at radius 3 is 2.35 bits per heavy atom. The van der Waals surface area contributed by atoms with Crippen LogP contribution in [-0.4, -0.2) is 57.1 Å². The Hall–Kier alpha value is -4.08. The first-order valence-corrected chi connectivity index (χ1v) is 9.82. The van der Waals surface area contributed by atoms with E-state index in [0.29, 0.717) is 43.4 Å². The van der Waals surface area contributed by atoms with Crippen molar-refractivity contribution in [2.45, 2.75) is 6.92 Å². The zero-order valence-corrected chi connectivity index (χ0v) is 16.9. The summed E-state index contributed by atoms with van der Waals surface area (Å²) in [7, 11) is 0. The molecule has 1 fully saturated rings. The Labute approximate surface area is 178 Å². The van der Waals surface area contributed by atoms with E-state index in [-0.39, 0.29) is 11.6 Å². The summed E-state index contributed by atoms with van der Waals surface area (Å²) in [4.78, 5) is 31.0. The van der Waals surface area contributed by atoms with E-state index in [1.54, 1.807) is 11.1 Å². The molecular weight excluding hydrogens is 398 g/mol. The number of rotatable bonds is 5. The van der Waals surface area contributed by atoms with E-state index in [1.165, 1.54) is 24.3 Å². The molecule has 3 aromatic rings. The molecule has 0 bridgehead atoms. The monoisotopic (exact) mass is 419 g/mol. The Kier molecular flexibility index (Phi) is 5.69. The highest BCUT2D eigenvalue weighted by atomic mass is 16.6. The molecule has 1 N–H and O–H groups in total. The number of amides is 1. The van der Waals surface area contributed by atoms with Crippen LogP contribution in [0.3, 0.4) is 0 Å². The molecule has 2 aromatic heterocycles. The van der Waals surface area contributed by atoms with Gasteiger partial charge >= 0.3 is 0 Å². The number of aryl methyl sites for hydroxylation is 1. The number of hydrogen-bond donors (Lipinski definition) is 1. The minimum Gasteiger partial charge on any atom is -0.352 e. The number of carbonyl (C=O) groups is 1. The second-order valence-electron chi connectivity index (χ2n) is 7.20. The SMILES string of the molecule is Cc1ccnc(Nc2ccc(N3CCN(C(=O)c4ccc([N+](=O)[O-])cc4)CC3)nn2)c1. The van der Waals surface area contributed by atoms with Crippen LogP contribution in [-0.2, 0) is 0 Å². The first-order valence-electron chi connectivity index (χ1n) is 9.82. The van der Waals surface area contributed by atoms with E-state index in [2.05, 4.69) is 25.4 Å². The van der Waals surface area contributed by atoms with Crippen LogP contribution in [0.25, 0.3) is 0 Å². The lowest BCUT2D eigenvalue weighted by molar-refractivity contribution is -0.384. The van der Waals surface area contributed by atoms with Crippen LogP contribution in [0.1, 0.15) is 15.9 Å². The lowest BCUT2D eigenvalue weighted by atomic mass is 10.1. The van der Waals surface area contributed by atoms with Gasteiger partial charge < -0.3 is 15.1 Å². The van der Waals surface area contributed by atoms with Gasteiger partial charge in [-0.1, -0.05) is 0 Å². The van der Waals surface area contributed by atoms with Crippen molar-refractivity contribution in [2.75, 3.05) is 36.4 Å². The van der Waals surface area contributed by atoms with Crippen LogP contribution >= 0.6 is 0 Å². The first-order chi connectivity index (χ1) is 15.0. The van der Waals surface area contributed by atoms with Crippen molar-refractivity contribution in [1.82, 2.24) is 20.1 Å². The maximum atomic E-state index is 12.7. The van der Waals surface area contributed by atoms with Crippen molar-refractivity contribution >= 4 is 29.0 Å². The molecule has 1 aliphatic rings. The number of piperazine rings is 1. The first kappa shape index (κ1) is 20.2. The second-order valence-corrected chi connectivity index (χ2v) is 7.20. The number of hydrogen-bond acceptors (Lipinski definition) is 8. The van der Waals surface area contributed by atoms with Gasteiger partial charge in [0.1, 0.15) is 5.82 Å². The highest BCUT2D eigenvalue weighted by Gasteiger charge is 2.23. The van der Waals surface area contributed by atoms with E-state index >= 15 is 0 Å². The lowest BCUT2D eigenvalue weighted by Gasteiger charge is -2.35. The van der Waals surface area contributed by atoms with Crippen molar-refractivity contribution in [3.8, 4) is 0 Å². The summed E-state index contributed by atoms with van der Waals surface area (Å²) in [6, 6.07) is 13.3. The standard InChI is InChI=1S/C21H21N7O3/c1-15-8-9-22-19(14-15)23-18-6-7-20(25-24-18)26-10-12-27(13-11-26)21(29)16-2-4-17(5-3-16)28(30)31/h2-9,14H,10-13H2,1H3,(H,22,23,24). The van der Waals surface area contributed by atoms with Gasteiger partial charge in [0.15, 0.2) is 11.6 Å². The molecule has 1 amide bonds. The summed E-state index contributed by atoms with van der Waals surface area (Å²) in [6.45, 7) is 4.31. The summed E-state index contributed by atoms with van der Waals surface area (Å²) in [6.07, 6.45) is 1.73. The quantitative estimate of drug-likeness (QED) is 0.496. The third kappa shape index (κ3) is 4.74. The van der Waals surface area contributed by atoms with Gasteiger partial charge in [0.05, 0.1) is 4.92 Å². The highest BCUT2D eigenvalue weighted by molar-refractivity contribution is 5.94. The van der Waals surface area contributed by atoms with Crippen LogP contribution in [0.2, 0.25) is 0 Å². The third-order valence-electron chi connectivity index (χ3n) is 5.04. The Balaban J connectivity index is 1.34. The fourth-order valence-electron chi connectivity index (χ4n) is 3.34. The summed E-state index contributed by atoms with van der Waals surface area (Å²) in [5.41, 5.74) is 1.51. The normalized spacial score (nSPS) is 13.7. The molecule has 1 aliphatic heterocycles. The summed E-state index contributed by atoms with van der Waals surface area (Å²) < 4.78 is 0. The largest absolute Gasteiger partial charge is 0.352 e. The molecule has 10 nitrogen and oxygen atoms in total. The lowest BCUT2D eigenvalue weighted by Crippen LogP contribution is -2.49. The van der Waals surface area contributed by atoms with Gasteiger partial charge in [0, 0.05) is 50.1 Å². The second kappa shape index (κ2) is 8.74. The minimum absolute atomic E-state index is 0.0314. The molecule has 4 rings (SSSR count). The molecule has 3 heterocycles. The molecule has 158 valence electrons. The zero-order valence-electron chi connectivity index (χ0n) is 16.9. The number of aromatic nitrogens is 3. The smallest absolute Gasteiger partial charge is 0.269 e. The van der Waals surface area contributed by atoms with E-state index in [9.17, 15) is 14.9 Å². The van der Waals surface area contributed by atoms with Crippen molar-refractivity contribution in [3.05, 3.63) is 76.0 Å². The van der Waals surface area contributed by atoms with Gasteiger partial charge in [-0.3, -0.25) is 14.9 Å². The van der Waals surface area contributed by atoms with Crippen molar-refractivity contribution in [3.63, 3.8) is 0 Å². The number of pyridine rings is 1. The van der Waals surface area contributed by atoms with Crippen LogP contribution in [0.5, 0.6) is 0 Å². The number of anilines is 3. The van der Waals surface area contributed by atoms with Gasteiger partial charge in [0.25, 0.3) is 11.6 Å². The molecule has 0 radical (unpaired) electrons. The summed E-state index contributed by atoms with van der Waals surface area (Å²) >= 11 is 0. The predicted octanol–water partition coefficient (Wildman–Crippen LogP) is 2.79. The number of benzene rings is 1. The van der Waals surface area contributed by atoms with Gasteiger partial charge in [-0.2, -0.15) is 0 Å². The molecule has 1 aromatic carbocycles. The van der Waals surface area contributed by atoms with Crippen LogP contribution in [0, 0.1) is 17.0 Å². The Bertz CT molecular complexity index is 1080.